The molecule has 23 heavy (non-hydrogen) atoms. The van der Waals surface area contributed by atoms with Gasteiger partial charge >= 0.3 is 0 Å². The van der Waals surface area contributed by atoms with Crippen LogP contribution >= 0.6 is 0 Å². The highest BCUT2D eigenvalue weighted by Crippen LogP contribution is 2.53. The molecule has 0 N–H and O–H groups in total. The Morgan fingerprint density at radius 1 is 0.826 bits per heavy atom. The van der Waals surface area contributed by atoms with Gasteiger partial charge in [-0.15, -0.1) is 0 Å². The van der Waals surface area contributed by atoms with Gasteiger partial charge in [0.1, 0.15) is 0 Å². The minimum atomic E-state index is -0.0313. The fourth-order valence-electron chi connectivity index (χ4n) is 4.36. The minimum absolute atomic E-state index is 0.0313. The van der Waals surface area contributed by atoms with Crippen LogP contribution in [0.4, 0.5) is 0 Å². The fraction of sp³-hybridized carbons (Fsp3) is 0.238. The highest BCUT2D eigenvalue weighted by molar-refractivity contribution is 5.88. The Bertz CT molecular complexity index is 954. The summed E-state index contributed by atoms with van der Waals surface area (Å²) in [5.74, 6) is 0. The monoisotopic (exact) mass is 298 g/mol. The molecule has 1 aromatic carbocycles. The molecular weight excluding hydrogens is 280 g/mol. The van der Waals surface area contributed by atoms with E-state index in [1.807, 2.05) is 18.5 Å². The van der Waals surface area contributed by atoms with Crippen LogP contribution in [-0.2, 0) is 18.3 Å². The SMILES string of the molecule is CC1(C)c2cccnc2-c2ccc3c(c21)-c1ncccc1CC3. The normalized spacial score (nSPS) is 16.3. The Morgan fingerprint density at radius 3 is 2.43 bits per heavy atom. The molecule has 0 aliphatic heterocycles. The van der Waals surface area contributed by atoms with Gasteiger partial charge in [-0.2, -0.15) is 0 Å². The summed E-state index contributed by atoms with van der Waals surface area (Å²) in [7, 11) is 0. The van der Waals surface area contributed by atoms with Gasteiger partial charge in [-0.3, -0.25) is 9.97 Å². The highest BCUT2D eigenvalue weighted by atomic mass is 14.7. The van der Waals surface area contributed by atoms with Crippen LogP contribution in [0, 0.1) is 0 Å². The molecule has 0 spiro atoms. The van der Waals surface area contributed by atoms with Crippen LogP contribution in [-0.4, -0.2) is 9.97 Å². The van der Waals surface area contributed by atoms with E-state index < -0.39 is 0 Å². The molecule has 2 aromatic heterocycles. The minimum Gasteiger partial charge on any atom is -0.256 e. The van der Waals surface area contributed by atoms with Crippen LogP contribution < -0.4 is 0 Å². The van der Waals surface area contributed by atoms with E-state index in [1.165, 1.54) is 39.1 Å². The van der Waals surface area contributed by atoms with Crippen molar-refractivity contribution in [2.45, 2.75) is 32.1 Å². The van der Waals surface area contributed by atoms with Crippen molar-refractivity contribution in [1.29, 1.82) is 0 Å². The number of nitrogens with zero attached hydrogens (tertiary/aromatic N) is 2. The Kier molecular flexibility index (Phi) is 2.42. The molecule has 2 aliphatic carbocycles. The predicted octanol–water partition coefficient (Wildman–Crippen LogP) is 4.55. The van der Waals surface area contributed by atoms with E-state index in [9.17, 15) is 0 Å². The molecule has 2 heterocycles. The quantitative estimate of drug-likeness (QED) is 0.608. The molecule has 0 atom stereocenters. The first kappa shape index (κ1) is 13.0. The molecule has 0 unspecified atom stereocenters. The van der Waals surface area contributed by atoms with Gasteiger partial charge in [0.15, 0.2) is 0 Å². The molecule has 5 rings (SSSR count). The number of pyridine rings is 2. The Balaban J connectivity index is 1.91. The standard InChI is InChI=1S/C21H18N2/c1-21(2)16-6-4-12-23-20(16)15-10-9-13-7-8-14-5-3-11-22-19(14)17(13)18(15)21/h3-6,9-12H,7-8H2,1-2H3. The molecule has 0 saturated carbocycles. The van der Waals surface area contributed by atoms with E-state index in [4.69, 9.17) is 4.98 Å². The lowest BCUT2D eigenvalue weighted by Crippen LogP contribution is -2.19. The van der Waals surface area contributed by atoms with Gasteiger partial charge in [0, 0.05) is 28.9 Å². The summed E-state index contributed by atoms with van der Waals surface area (Å²) in [5, 5.41) is 0. The molecule has 0 radical (unpaired) electrons. The second kappa shape index (κ2) is 4.29. The van der Waals surface area contributed by atoms with Crippen LogP contribution in [0.3, 0.4) is 0 Å². The van der Waals surface area contributed by atoms with E-state index in [0.29, 0.717) is 0 Å². The van der Waals surface area contributed by atoms with Crippen LogP contribution in [0.15, 0.2) is 48.8 Å². The molecule has 0 fully saturated rings. The van der Waals surface area contributed by atoms with E-state index in [2.05, 4.69) is 49.2 Å². The molecule has 2 nitrogen and oxygen atoms in total. The first-order chi connectivity index (χ1) is 11.2. The maximum Gasteiger partial charge on any atom is 0.0746 e. The van der Waals surface area contributed by atoms with Gasteiger partial charge in [-0.1, -0.05) is 38.1 Å². The summed E-state index contributed by atoms with van der Waals surface area (Å²) in [6.07, 6.45) is 6.00. The molecule has 0 saturated heterocycles. The van der Waals surface area contributed by atoms with Crippen LogP contribution in [0.1, 0.15) is 36.1 Å². The second-order valence-corrected chi connectivity index (χ2v) is 7.06. The zero-order valence-electron chi connectivity index (χ0n) is 13.4. The van der Waals surface area contributed by atoms with Gasteiger partial charge < -0.3 is 0 Å². The van der Waals surface area contributed by atoms with Crippen LogP contribution in [0.2, 0.25) is 0 Å². The molecule has 0 bridgehead atoms. The van der Waals surface area contributed by atoms with Crippen molar-refractivity contribution in [3.63, 3.8) is 0 Å². The zero-order chi connectivity index (χ0) is 15.6. The van der Waals surface area contributed by atoms with Gasteiger partial charge in [0.25, 0.3) is 0 Å². The molecule has 0 amide bonds. The predicted molar refractivity (Wildman–Crippen MR) is 92.4 cm³/mol. The molecule has 3 aromatic rings. The van der Waals surface area contributed by atoms with Gasteiger partial charge in [-0.05, 0) is 47.2 Å². The number of aromatic nitrogens is 2. The van der Waals surface area contributed by atoms with Crippen molar-refractivity contribution in [2.24, 2.45) is 0 Å². The smallest absolute Gasteiger partial charge is 0.0746 e. The number of aryl methyl sites for hydroxylation is 2. The average molecular weight is 298 g/mol. The van der Waals surface area contributed by atoms with E-state index in [1.54, 1.807) is 0 Å². The van der Waals surface area contributed by atoms with E-state index >= 15 is 0 Å². The van der Waals surface area contributed by atoms with Crippen molar-refractivity contribution in [2.75, 3.05) is 0 Å². The summed E-state index contributed by atoms with van der Waals surface area (Å²) in [6.45, 7) is 4.63. The van der Waals surface area contributed by atoms with Crippen molar-refractivity contribution >= 4 is 0 Å². The lowest BCUT2D eigenvalue weighted by Gasteiger charge is -2.28. The average Bonchev–Trinajstić information content (AvgIpc) is 2.83. The molecule has 2 aliphatic rings. The fourth-order valence-corrected chi connectivity index (χ4v) is 4.36. The van der Waals surface area contributed by atoms with Crippen molar-refractivity contribution in [1.82, 2.24) is 9.97 Å². The molecule has 2 heteroatoms. The first-order valence-corrected chi connectivity index (χ1v) is 8.24. The molecule has 112 valence electrons. The Morgan fingerprint density at radius 2 is 1.57 bits per heavy atom. The lowest BCUT2D eigenvalue weighted by molar-refractivity contribution is 0.658. The maximum absolute atomic E-state index is 4.75. The summed E-state index contributed by atoms with van der Waals surface area (Å²) >= 11 is 0. The summed E-state index contributed by atoms with van der Waals surface area (Å²) in [4.78, 5) is 9.43. The lowest BCUT2D eigenvalue weighted by atomic mass is 9.75. The zero-order valence-corrected chi connectivity index (χ0v) is 13.4. The third-order valence-corrected chi connectivity index (χ3v) is 5.44. The number of rotatable bonds is 0. The molecular formula is C21H18N2. The van der Waals surface area contributed by atoms with Gasteiger partial charge in [0.05, 0.1) is 11.4 Å². The van der Waals surface area contributed by atoms with Gasteiger partial charge in [0.2, 0.25) is 0 Å². The Labute approximate surface area is 136 Å². The van der Waals surface area contributed by atoms with E-state index in [-0.39, 0.29) is 5.41 Å². The van der Waals surface area contributed by atoms with Crippen LogP contribution in [0.25, 0.3) is 22.5 Å². The number of fused-ring (bicyclic) bond motifs is 7. The summed E-state index contributed by atoms with van der Waals surface area (Å²) in [5.41, 5.74) is 10.4. The van der Waals surface area contributed by atoms with Crippen molar-refractivity contribution in [3.05, 3.63) is 71.0 Å². The van der Waals surface area contributed by atoms with Crippen molar-refractivity contribution < 1.29 is 0 Å². The second-order valence-electron chi connectivity index (χ2n) is 7.06. The maximum atomic E-state index is 4.75. The third kappa shape index (κ3) is 1.58. The van der Waals surface area contributed by atoms with Crippen LogP contribution in [0.5, 0.6) is 0 Å². The van der Waals surface area contributed by atoms with Crippen molar-refractivity contribution in [3.8, 4) is 22.5 Å². The Hall–Kier alpha value is -2.48. The van der Waals surface area contributed by atoms with E-state index in [0.717, 1.165) is 18.5 Å². The number of hydrogen-bond acceptors (Lipinski definition) is 2. The largest absolute Gasteiger partial charge is 0.256 e. The summed E-state index contributed by atoms with van der Waals surface area (Å²) in [6, 6.07) is 13.1. The highest BCUT2D eigenvalue weighted by Gasteiger charge is 2.40. The van der Waals surface area contributed by atoms with Gasteiger partial charge in [-0.25, -0.2) is 0 Å². The first-order valence-electron chi connectivity index (χ1n) is 8.24. The third-order valence-electron chi connectivity index (χ3n) is 5.44. The summed E-state index contributed by atoms with van der Waals surface area (Å²) < 4.78 is 0. The topological polar surface area (TPSA) is 25.8 Å². The number of hydrogen-bond donors (Lipinski definition) is 0. The number of benzene rings is 1.